The number of benzene rings is 1. The second-order valence-electron chi connectivity index (χ2n) is 3.40. The maximum Gasteiger partial charge on any atom is 0.201 e. The molecule has 1 aromatic rings. The Kier molecular flexibility index (Phi) is 4.21. The SMILES string of the molecule is COc1cc(N/N=C(\C#N)C(=N)N)c(F)cc1C. The summed E-state index contributed by atoms with van der Waals surface area (Å²) in [5, 5.41) is 19.2. The number of amidine groups is 1. The van der Waals surface area contributed by atoms with Crippen LogP contribution in [0, 0.1) is 29.5 Å². The maximum atomic E-state index is 13.6. The van der Waals surface area contributed by atoms with Crippen molar-refractivity contribution in [3.63, 3.8) is 0 Å². The lowest BCUT2D eigenvalue weighted by molar-refractivity contribution is 0.410. The molecule has 18 heavy (non-hydrogen) atoms. The number of ether oxygens (including phenoxy) is 1. The van der Waals surface area contributed by atoms with E-state index in [1.165, 1.54) is 19.2 Å². The van der Waals surface area contributed by atoms with Crippen molar-refractivity contribution >= 4 is 17.2 Å². The molecule has 7 heteroatoms. The molecular weight excluding hydrogens is 237 g/mol. The smallest absolute Gasteiger partial charge is 0.201 e. The Balaban J connectivity index is 3.06. The van der Waals surface area contributed by atoms with Crippen molar-refractivity contribution in [1.29, 1.82) is 10.7 Å². The zero-order chi connectivity index (χ0) is 13.7. The average molecular weight is 249 g/mol. The van der Waals surface area contributed by atoms with Gasteiger partial charge in [0.1, 0.15) is 17.6 Å². The van der Waals surface area contributed by atoms with E-state index < -0.39 is 11.7 Å². The number of methoxy groups -OCH3 is 1. The van der Waals surface area contributed by atoms with Gasteiger partial charge in [0.2, 0.25) is 5.71 Å². The number of anilines is 1. The second kappa shape index (κ2) is 5.63. The molecule has 4 N–H and O–H groups in total. The minimum absolute atomic E-state index is 0.0338. The molecule has 0 saturated heterocycles. The van der Waals surface area contributed by atoms with Crippen LogP contribution in [0.5, 0.6) is 5.75 Å². The van der Waals surface area contributed by atoms with E-state index in [1.54, 1.807) is 13.0 Å². The summed E-state index contributed by atoms with van der Waals surface area (Å²) in [7, 11) is 1.46. The molecule has 0 aliphatic heterocycles. The predicted molar refractivity (Wildman–Crippen MR) is 66.3 cm³/mol. The van der Waals surface area contributed by atoms with Gasteiger partial charge in [-0.2, -0.15) is 10.4 Å². The number of aryl methyl sites for hydroxylation is 1. The summed E-state index contributed by atoms with van der Waals surface area (Å²) in [6.45, 7) is 1.70. The van der Waals surface area contributed by atoms with Gasteiger partial charge in [0.25, 0.3) is 0 Å². The number of halogens is 1. The van der Waals surface area contributed by atoms with E-state index in [-0.39, 0.29) is 11.4 Å². The molecular formula is C11H12FN5O. The van der Waals surface area contributed by atoms with Gasteiger partial charge in [-0.05, 0) is 18.6 Å². The number of nitrogens with zero attached hydrogens (tertiary/aromatic N) is 2. The number of hydrogen-bond acceptors (Lipinski definition) is 5. The van der Waals surface area contributed by atoms with Crippen molar-refractivity contribution in [3.05, 3.63) is 23.5 Å². The van der Waals surface area contributed by atoms with E-state index in [4.69, 9.17) is 21.1 Å². The largest absolute Gasteiger partial charge is 0.496 e. The zero-order valence-corrected chi connectivity index (χ0v) is 9.91. The third-order valence-corrected chi connectivity index (χ3v) is 2.13. The highest BCUT2D eigenvalue weighted by Gasteiger charge is 2.08. The first-order valence-electron chi connectivity index (χ1n) is 4.92. The van der Waals surface area contributed by atoms with Crippen molar-refractivity contribution < 1.29 is 9.13 Å². The minimum Gasteiger partial charge on any atom is -0.496 e. The molecule has 0 aliphatic rings. The highest BCUT2D eigenvalue weighted by molar-refractivity contribution is 6.45. The lowest BCUT2D eigenvalue weighted by atomic mass is 10.2. The van der Waals surface area contributed by atoms with Gasteiger partial charge in [0.05, 0.1) is 12.8 Å². The first-order valence-corrected chi connectivity index (χ1v) is 4.92. The number of rotatable bonds is 4. The number of nitrogens with one attached hydrogen (secondary N) is 2. The Morgan fingerprint density at radius 3 is 2.78 bits per heavy atom. The summed E-state index contributed by atoms with van der Waals surface area (Å²) in [6, 6.07) is 4.30. The van der Waals surface area contributed by atoms with Crippen LogP contribution in [-0.4, -0.2) is 18.7 Å². The Labute approximate surface area is 103 Å². The van der Waals surface area contributed by atoms with Gasteiger partial charge >= 0.3 is 0 Å². The van der Waals surface area contributed by atoms with Crippen molar-refractivity contribution in [3.8, 4) is 11.8 Å². The molecule has 0 atom stereocenters. The van der Waals surface area contributed by atoms with Gasteiger partial charge in [-0.3, -0.25) is 10.8 Å². The lowest BCUT2D eigenvalue weighted by Crippen LogP contribution is -2.22. The summed E-state index contributed by atoms with van der Waals surface area (Å²) in [5.41, 5.74) is 7.78. The molecule has 94 valence electrons. The third-order valence-electron chi connectivity index (χ3n) is 2.13. The Morgan fingerprint density at radius 1 is 1.61 bits per heavy atom. The Morgan fingerprint density at radius 2 is 2.28 bits per heavy atom. The fourth-order valence-corrected chi connectivity index (χ4v) is 1.22. The van der Waals surface area contributed by atoms with Crippen molar-refractivity contribution in [1.82, 2.24) is 0 Å². The molecule has 0 aromatic heterocycles. The van der Waals surface area contributed by atoms with Crippen LogP contribution in [-0.2, 0) is 0 Å². The molecule has 0 saturated carbocycles. The summed E-state index contributed by atoms with van der Waals surface area (Å²) < 4.78 is 18.6. The summed E-state index contributed by atoms with van der Waals surface area (Å²) >= 11 is 0. The zero-order valence-electron chi connectivity index (χ0n) is 9.91. The van der Waals surface area contributed by atoms with Gasteiger partial charge in [-0.15, -0.1) is 0 Å². The van der Waals surface area contributed by atoms with Gasteiger partial charge in [0.15, 0.2) is 5.84 Å². The topological polar surface area (TPSA) is 107 Å². The normalized spacial score (nSPS) is 10.7. The molecule has 0 radical (unpaired) electrons. The minimum atomic E-state index is -0.544. The second-order valence-corrected chi connectivity index (χ2v) is 3.40. The van der Waals surface area contributed by atoms with Crippen molar-refractivity contribution in [2.45, 2.75) is 6.92 Å². The van der Waals surface area contributed by atoms with E-state index in [2.05, 4.69) is 10.5 Å². The first kappa shape index (κ1) is 13.4. The van der Waals surface area contributed by atoms with Gasteiger partial charge in [-0.25, -0.2) is 4.39 Å². The molecule has 0 amide bonds. The quantitative estimate of drug-likeness (QED) is 0.425. The van der Waals surface area contributed by atoms with Crippen molar-refractivity contribution in [2.24, 2.45) is 10.8 Å². The van der Waals surface area contributed by atoms with Crippen LogP contribution in [0.4, 0.5) is 10.1 Å². The molecule has 6 nitrogen and oxygen atoms in total. The van der Waals surface area contributed by atoms with Gasteiger partial charge in [-0.1, -0.05) is 0 Å². The molecule has 0 bridgehead atoms. The van der Waals surface area contributed by atoms with Crippen LogP contribution in [0.3, 0.4) is 0 Å². The van der Waals surface area contributed by atoms with E-state index in [1.807, 2.05) is 0 Å². The Bertz CT molecular complexity index is 547. The van der Waals surface area contributed by atoms with Gasteiger partial charge in [0, 0.05) is 6.07 Å². The third kappa shape index (κ3) is 2.95. The van der Waals surface area contributed by atoms with E-state index in [9.17, 15) is 4.39 Å². The maximum absolute atomic E-state index is 13.6. The molecule has 0 heterocycles. The van der Waals surface area contributed by atoms with Crippen LogP contribution in [0.2, 0.25) is 0 Å². The van der Waals surface area contributed by atoms with Crippen molar-refractivity contribution in [2.75, 3.05) is 12.5 Å². The van der Waals surface area contributed by atoms with E-state index in [0.717, 1.165) is 0 Å². The molecule has 1 rings (SSSR count). The highest BCUT2D eigenvalue weighted by atomic mass is 19.1. The fraction of sp³-hybridized carbons (Fsp3) is 0.182. The number of nitrogens with two attached hydrogens (primary N) is 1. The highest BCUT2D eigenvalue weighted by Crippen LogP contribution is 2.25. The van der Waals surface area contributed by atoms with Gasteiger partial charge < -0.3 is 10.5 Å². The Hall–Kier alpha value is -2.62. The van der Waals surface area contributed by atoms with Crippen LogP contribution in [0.15, 0.2) is 17.2 Å². The summed E-state index contributed by atoms with van der Waals surface area (Å²) in [4.78, 5) is 0. The number of hydrazone groups is 1. The fourth-order valence-electron chi connectivity index (χ4n) is 1.22. The van der Waals surface area contributed by atoms with Crippen LogP contribution >= 0.6 is 0 Å². The molecule has 0 fully saturated rings. The van der Waals surface area contributed by atoms with E-state index in [0.29, 0.717) is 11.3 Å². The van der Waals surface area contributed by atoms with Crippen LogP contribution in [0.1, 0.15) is 5.56 Å². The van der Waals surface area contributed by atoms with E-state index >= 15 is 0 Å². The summed E-state index contributed by atoms with van der Waals surface area (Å²) in [5.74, 6) is -0.558. The molecule has 0 spiro atoms. The molecule has 0 aliphatic carbocycles. The number of nitriles is 1. The number of hydrogen-bond donors (Lipinski definition) is 3. The van der Waals surface area contributed by atoms with Crippen LogP contribution < -0.4 is 15.9 Å². The molecule has 1 aromatic carbocycles. The average Bonchev–Trinajstić information content (AvgIpc) is 2.31. The molecule has 0 unspecified atom stereocenters. The first-order chi connectivity index (χ1) is 8.49. The lowest BCUT2D eigenvalue weighted by Gasteiger charge is -2.08. The summed E-state index contributed by atoms with van der Waals surface area (Å²) in [6.07, 6.45) is 0. The monoisotopic (exact) mass is 249 g/mol. The standard InChI is InChI=1S/C11H12FN5O/c1-6-3-7(12)8(4-10(6)18-2)16-17-9(5-13)11(14)15/h3-4,16H,1-2H3,(H3,14,15)/b17-9+. The van der Waals surface area contributed by atoms with Crippen LogP contribution in [0.25, 0.3) is 0 Å². The predicted octanol–water partition coefficient (Wildman–Crippen LogP) is 1.37.